The van der Waals surface area contributed by atoms with E-state index in [4.69, 9.17) is 0 Å². The van der Waals surface area contributed by atoms with Crippen LogP contribution in [0.25, 0.3) is 11.0 Å². The van der Waals surface area contributed by atoms with Gasteiger partial charge in [-0.3, -0.25) is 0 Å². The number of nitrogens with one attached hydrogen (secondary N) is 1. The van der Waals surface area contributed by atoms with Crippen LogP contribution >= 0.6 is 11.3 Å². The van der Waals surface area contributed by atoms with Crippen molar-refractivity contribution in [2.24, 2.45) is 0 Å². The molecule has 3 rings (SSSR count). The Balaban J connectivity index is 1.81. The minimum atomic E-state index is 0.326. The van der Waals surface area contributed by atoms with Crippen LogP contribution in [0.5, 0.6) is 0 Å². The zero-order valence-corrected chi connectivity index (χ0v) is 12.7. The van der Waals surface area contributed by atoms with E-state index in [0.29, 0.717) is 6.04 Å². The summed E-state index contributed by atoms with van der Waals surface area (Å²) in [5.41, 5.74) is 3.32. The molecule has 0 aliphatic rings. The average Bonchev–Trinajstić information content (AvgIpc) is 3.02. The van der Waals surface area contributed by atoms with Crippen LogP contribution in [0.15, 0.2) is 29.9 Å². The lowest BCUT2D eigenvalue weighted by atomic mass is 10.3. The highest BCUT2D eigenvalue weighted by atomic mass is 32.1. The van der Waals surface area contributed by atoms with Gasteiger partial charge in [0.15, 0.2) is 5.65 Å². The van der Waals surface area contributed by atoms with E-state index < -0.39 is 0 Å². The molecule has 0 fully saturated rings. The summed E-state index contributed by atoms with van der Waals surface area (Å²) in [5.74, 6) is 0. The quantitative estimate of drug-likeness (QED) is 0.788. The Labute approximate surface area is 122 Å². The summed E-state index contributed by atoms with van der Waals surface area (Å²) in [6, 6.07) is 4.58. The second-order valence-electron chi connectivity index (χ2n) is 5.20. The molecule has 3 aromatic rings. The molecule has 3 aromatic heterocycles. The van der Waals surface area contributed by atoms with Gasteiger partial charge in [0.05, 0.1) is 18.1 Å². The SMILES string of the molecule is Cc1ccsc1CNc1cnc2c(cnn2C(C)C)c1. The maximum Gasteiger partial charge on any atom is 0.158 e. The van der Waals surface area contributed by atoms with Gasteiger partial charge in [-0.15, -0.1) is 11.3 Å². The van der Waals surface area contributed by atoms with E-state index in [0.717, 1.165) is 23.3 Å². The van der Waals surface area contributed by atoms with Gasteiger partial charge in [0, 0.05) is 22.8 Å². The molecule has 0 spiro atoms. The van der Waals surface area contributed by atoms with Crippen LogP contribution in [0, 0.1) is 6.92 Å². The van der Waals surface area contributed by atoms with E-state index in [1.807, 2.05) is 17.1 Å². The first-order valence-electron chi connectivity index (χ1n) is 6.75. The fourth-order valence-corrected chi connectivity index (χ4v) is 3.03. The third kappa shape index (κ3) is 2.41. The highest BCUT2D eigenvalue weighted by Crippen LogP contribution is 2.21. The number of fused-ring (bicyclic) bond motifs is 1. The number of aromatic nitrogens is 3. The molecular weight excluding hydrogens is 268 g/mol. The molecule has 0 bridgehead atoms. The van der Waals surface area contributed by atoms with Gasteiger partial charge in [-0.1, -0.05) is 0 Å². The summed E-state index contributed by atoms with van der Waals surface area (Å²) in [6.07, 6.45) is 3.76. The molecule has 0 saturated carbocycles. The van der Waals surface area contributed by atoms with E-state index in [9.17, 15) is 0 Å². The lowest BCUT2D eigenvalue weighted by Crippen LogP contribution is -2.04. The third-order valence-corrected chi connectivity index (χ3v) is 4.37. The lowest BCUT2D eigenvalue weighted by Gasteiger charge is -2.08. The van der Waals surface area contributed by atoms with Crippen molar-refractivity contribution in [1.82, 2.24) is 14.8 Å². The van der Waals surface area contributed by atoms with Crippen LogP contribution in [-0.2, 0) is 6.54 Å². The fraction of sp³-hybridized carbons (Fsp3) is 0.333. The highest BCUT2D eigenvalue weighted by molar-refractivity contribution is 7.10. The molecule has 0 saturated heterocycles. The van der Waals surface area contributed by atoms with Gasteiger partial charge in [-0.2, -0.15) is 5.10 Å². The topological polar surface area (TPSA) is 42.7 Å². The number of rotatable bonds is 4. The Kier molecular flexibility index (Phi) is 3.44. The van der Waals surface area contributed by atoms with Crippen LogP contribution in [0.1, 0.15) is 30.3 Å². The number of nitrogens with zero attached hydrogens (tertiary/aromatic N) is 3. The van der Waals surface area contributed by atoms with Gasteiger partial charge in [0.1, 0.15) is 0 Å². The molecule has 4 nitrogen and oxygen atoms in total. The Morgan fingerprint density at radius 2 is 2.20 bits per heavy atom. The first-order chi connectivity index (χ1) is 9.65. The smallest absolute Gasteiger partial charge is 0.158 e. The monoisotopic (exact) mass is 286 g/mol. The van der Waals surface area contributed by atoms with Gasteiger partial charge in [0.2, 0.25) is 0 Å². The Morgan fingerprint density at radius 1 is 1.35 bits per heavy atom. The number of anilines is 1. The van der Waals surface area contributed by atoms with E-state index >= 15 is 0 Å². The Bertz CT molecular complexity index is 726. The molecule has 0 aliphatic carbocycles. The molecule has 0 atom stereocenters. The zero-order chi connectivity index (χ0) is 14.1. The van der Waals surface area contributed by atoms with Crippen molar-refractivity contribution in [3.05, 3.63) is 40.3 Å². The summed E-state index contributed by atoms with van der Waals surface area (Å²) in [5, 5.41) is 11.0. The molecule has 0 amide bonds. The molecule has 0 radical (unpaired) electrons. The van der Waals surface area contributed by atoms with Crippen LogP contribution in [0.3, 0.4) is 0 Å². The molecule has 3 heterocycles. The summed E-state index contributed by atoms with van der Waals surface area (Å²) in [6.45, 7) is 7.20. The second kappa shape index (κ2) is 5.25. The molecule has 5 heteroatoms. The van der Waals surface area contributed by atoms with Crippen LogP contribution in [0.4, 0.5) is 5.69 Å². The van der Waals surface area contributed by atoms with Crippen molar-refractivity contribution in [1.29, 1.82) is 0 Å². The second-order valence-corrected chi connectivity index (χ2v) is 6.20. The van der Waals surface area contributed by atoms with Crippen molar-refractivity contribution < 1.29 is 0 Å². The van der Waals surface area contributed by atoms with E-state index in [2.05, 4.69) is 53.7 Å². The highest BCUT2D eigenvalue weighted by Gasteiger charge is 2.08. The van der Waals surface area contributed by atoms with Crippen LogP contribution < -0.4 is 5.32 Å². The first-order valence-corrected chi connectivity index (χ1v) is 7.63. The first kappa shape index (κ1) is 13.1. The zero-order valence-electron chi connectivity index (χ0n) is 11.9. The van der Waals surface area contributed by atoms with Gasteiger partial charge in [-0.05, 0) is 43.8 Å². The van der Waals surface area contributed by atoms with Gasteiger partial charge in [0.25, 0.3) is 0 Å². The standard InChI is InChI=1S/C15H18N4S/c1-10(2)19-15-12(7-18-19)6-13(8-17-15)16-9-14-11(3)4-5-20-14/h4-8,10,16H,9H2,1-3H3. The average molecular weight is 286 g/mol. The molecule has 0 unspecified atom stereocenters. The fourth-order valence-electron chi connectivity index (χ4n) is 2.18. The van der Waals surface area contributed by atoms with Crippen molar-refractivity contribution in [3.8, 4) is 0 Å². The molecule has 0 aromatic carbocycles. The summed E-state index contributed by atoms with van der Waals surface area (Å²) >= 11 is 1.78. The van der Waals surface area contributed by atoms with Gasteiger partial charge in [-0.25, -0.2) is 9.67 Å². The minimum Gasteiger partial charge on any atom is -0.379 e. The van der Waals surface area contributed by atoms with Crippen molar-refractivity contribution >= 4 is 28.1 Å². The van der Waals surface area contributed by atoms with E-state index in [1.54, 1.807) is 11.3 Å². The molecule has 20 heavy (non-hydrogen) atoms. The predicted molar refractivity (Wildman–Crippen MR) is 84.3 cm³/mol. The van der Waals surface area contributed by atoms with Crippen molar-refractivity contribution in [2.45, 2.75) is 33.4 Å². The van der Waals surface area contributed by atoms with E-state index in [1.165, 1.54) is 10.4 Å². The normalized spacial score (nSPS) is 11.4. The number of hydrogen-bond donors (Lipinski definition) is 1. The number of thiophene rings is 1. The summed E-state index contributed by atoms with van der Waals surface area (Å²) in [7, 11) is 0. The molecule has 0 aliphatic heterocycles. The number of hydrogen-bond acceptors (Lipinski definition) is 4. The Morgan fingerprint density at radius 3 is 2.90 bits per heavy atom. The molecule has 104 valence electrons. The van der Waals surface area contributed by atoms with Gasteiger partial charge >= 0.3 is 0 Å². The Hall–Kier alpha value is -1.88. The van der Waals surface area contributed by atoms with Crippen LogP contribution in [-0.4, -0.2) is 14.8 Å². The van der Waals surface area contributed by atoms with Gasteiger partial charge < -0.3 is 5.32 Å². The number of pyridine rings is 1. The third-order valence-electron chi connectivity index (χ3n) is 3.34. The predicted octanol–water partition coefficient (Wildman–Crippen LogP) is 3.99. The van der Waals surface area contributed by atoms with Crippen molar-refractivity contribution in [2.75, 3.05) is 5.32 Å². The van der Waals surface area contributed by atoms with Crippen LogP contribution in [0.2, 0.25) is 0 Å². The minimum absolute atomic E-state index is 0.326. The largest absolute Gasteiger partial charge is 0.379 e. The molecule has 1 N–H and O–H groups in total. The molecular formula is C15H18N4S. The summed E-state index contributed by atoms with van der Waals surface area (Å²) < 4.78 is 1.95. The van der Waals surface area contributed by atoms with Crippen molar-refractivity contribution in [3.63, 3.8) is 0 Å². The maximum absolute atomic E-state index is 4.53. The van der Waals surface area contributed by atoms with E-state index in [-0.39, 0.29) is 0 Å². The maximum atomic E-state index is 4.53. The summed E-state index contributed by atoms with van der Waals surface area (Å²) in [4.78, 5) is 5.89. The lowest BCUT2D eigenvalue weighted by molar-refractivity contribution is 0.546. The number of aryl methyl sites for hydroxylation is 1.